The molecule has 1 aromatic heterocycles. The fraction of sp³-hybridized carbons (Fsp3) is 0.444. The third-order valence-electron chi connectivity index (χ3n) is 4.66. The summed E-state index contributed by atoms with van der Waals surface area (Å²) in [6.45, 7) is 3.77. The van der Waals surface area contributed by atoms with Gasteiger partial charge in [0.05, 0.1) is 22.1 Å². The van der Waals surface area contributed by atoms with E-state index in [4.69, 9.17) is 9.26 Å². The Hall–Kier alpha value is -2.35. The number of rotatable bonds is 6. The Morgan fingerprint density at radius 3 is 2.62 bits per heavy atom. The van der Waals surface area contributed by atoms with Crippen LogP contribution in [0.5, 0.6) is 5.75 Å². The summed E-state index contributed by atoms with van der Waals surface area (Å²) in [4.78, 5) is 12.5. The number of aromatic nitrogens is 1. The van der Waals surface area contributed by atoms with E-state index in [-0.39, 0.29) is 12.2 Å². The lowest BCUT2D eigenvalue weighted by Gasteiger charge is -2.14. The molecule has 0 saturated heterocycles. The summed E-state index contributed by atoms with van der Waals surface area (Å²) in [6, 6.07) is 6.57. The van der Waals surface area contributed by atoms with Gasteiger partial charge in [0.2, 0.25) is 10.0 Å². The van der Waals surface area contributed by atoms with Gasteiger partial charge >= 0.3 is 0 Å². The average molecular weight is 378 g/mol. The van der Waals surface area contributed by atoms with Gasteiger partial charge in [-0.25, -0.2) is 13.1 Å². The van der Waals surface area contributed by atoms with E-state index in [2.05, 4.69) is 9.88 Å². The van der Waals surface area contributed by atoms with Crippen molar-refractivity contribution in [1.29, 1.82) is 0 Å². The van der Waals surface area contributed by atoms with Gasteiger partial charge in [-0.1, -0.05) is 30.1 Å². The summed E-state index contributed by atoms with van der Waals surface area (Å²) in [6.07, 6.45) is 2.92. The normalized spacial score (nSPS) is 15.2. The molecule has 1 aliphatic carbocycles. The third kappa shape index (κ3) is 3.90. The van der Waals surface area contributed by atoms with Crippen LogP contribution in [0.3, 0.4) is 0 Å². The summed E-state index contributed by atoms with van der Waals surface area (Å²) in [7, 11) is -3.68. The Morgan fingerprint density at radius 1 is 1.27 bits per heavy atom. The fourth-order valence-electron chi connectivity index (χ4n) is 3.10. The number of amides is 1. The number of nitrogens with one attached hydrogen (secondary N) is 1. The molecular weight excluding hydrogens is 356 g/mol. The number of benzene rings is 1. The van der Waals surface area contributed by atoms with E-state index < -0.39 is 21.2 Å². The number of nitrogens with zero attached hydrogens (tertiary/aromatic N) is 1. The van der Waals surface area contributed by atoms with Crippen LogP contribution in [0.1, 0.15) is 53.1 Å². The summed E-state index contributed by atoms with van der Waals surface area (Å²) in [5, 5.41) is 3.37. The van der Waals surface area contributed by atoms with Crippen LogP contribution in [0.4, 0.5) is 0 Å². The lowest BCUT2D eigenvalue weighted by atomic mass is 10.2. The molecule has 1 fully saturated rings. The molecule has 140 valence electrons. The number of para-hydroxylation sites is 1. The maximum atomic E-state index is 12.5. The standard InChI is InChI=1S/C18H22N2O5S/c1-12-16(13(2)25-19-12)11-24-17-10-6-5-9-15(17)18(21)20-26(22,23)14-7-3-4-8-14/h5-6,9-10,14H,3-4,7-8,11H2,1-2H3,(H,20,21). The number of hydrogen-bond acceptors (Lipinski definition) is 6. The molecule has 2 aromatic rings. The van der Waals surface area contributed by atoms with Crippen molar-refractivity contribution in [2.75, 3.05) is 0 Å². The Morgan fingerprint density at radius 2 is 1.96 bits per heavy atom. The van der Waals surface area contributed by atoms with Gasteiger partial charge < -0.3 is 9.26 Å². The highest BCUT2D eigenvalue weighted by Crippen LogP contribution is 2.25. The van der Waals surface area contributed by atoms with Crippen molar-refractivity contribution in [3.8, 4) is 5.75 Å². The zero-order chi connectivity index (χ0) is 18.7. The van der Waals surface area contributed by atoms with Gasteiger partial charge in [-0.3, -0.25) is 4.79 Å². The molecule has 1 heterocycles. The Kier molecular flexibility index (Phi) is 5.31. The number of carbonyl (C=O) groups is 1. The lowest BCUT2D eigenvalue weighted by Crippen LogP contribution is -2.37. The topological polar surface area (TPSA) is 98.5 Å². The Labute approximate surface area is 152 Å². The second-order valence-corrected chi connectivity index (χ2v) is 8.43. The van der Waals surface area contributed by atoms with E-state index in [1.54, 1.807) is 31.2 Å². The number of aryl methyl sites for hydroxylation is 2. The molecule has 1 saturated carbocycles. The first-order valence-electron chi connectivity index (χ1n) is 8.58. The van der Waals surface area contributed by atoms with Crippen molar-refractivity contribution in [2.24, 2.45) is 0 Å². The first-order valence-corrected chi connectivity index (χ1v) is 10.1. The second-order valence-electron chi connectivity index (χ2n) is 6.47. The number of hydrogen-bond donors (Lipinski definition) is 1. The summed E-state index contributed by atoms with van der Waals surface area (Å²) in [5.41, 5.74) is 1.70. The van der Waals surface area contributed by atoms with E-state index in [1.807, 2.05) is 6.92 Å². The molecule has 0 radical (unpaired) electrons. The van der Waals surface area contributed by atoms with Gasteiger partial charge in [0.15, 0.2) is 0 Å². The first kappa shape index (κ1) is 18.4. The molecule has 7 nitrogen and oxygen atoms in total. The van der Waals surface area contributed by atoms with Crippen molar-refractivity contribution >= 4 is 15.9 Å². The van der Waals surface area contributed by atoms with Crippen LogP contribution >= 0.6 is 0 Å². The van der Waals surface area contributed by atoms with Crippen molar-refractivity contribution in [3.63, 3.8) is 0 Å². The highest BCUT2D eigenvalue weighted by atomic mass is 32.2. The van der Waals surface area contributed by atoms with E-state index in [0.717, 1.165) is 18.4 Å². The first-order chi connectivity index (χ1) is 12.4. The Balaban J connectivity index is 1.75. The molecule has 0 atom stereocenters. The van der Waals surface area contributed by atoms with Crippen molar-refractivity contribution in [1.82, 2.24) is 9.88 Å². The van der Waals surface area contributed by atoms with Crippen LogP contribution in [-0.2, 0) is 16.6 Å². The number of carbonyl (C=O) groups excluding carboxylic acids is 1. The molecular formula is C18H22N2O5S. The van der Waals surface area contributed by atoms with Gasteiger partial charge in [0.1, 0.15) is 18.1 Å². The molecule has 0 bridgehead atoms. The van der Waals surface area contributed by atoms with Crippen LogP contribution in [-0.4, -0.2) is 24.7 Å². The predicted molar refractivity (Wildman–Crippen MR) is 95.4 cm³/mol. The van der Waals surface area contributed by atoms with Gasteiger partial charge in [-0.15, -0.1) is 0 Å². The minimum Gasteiger partial charge on any atom is -0.488 e. The van der Waals surface area contributed by atoms with Gasteiger partial charge in [0.25, 0.3) is 5.91 Å². The third-order valence-corrected chi connectivity index (χ3v) is 6.48. The molecule has 1 amide bonds. The minimum atomic E-state index is -3.68. The summed E-state index contributed by atoms with van der Waals surface area (Å²) in [5.74, 6) is 0.283. The maximum Gasteiger partial charge on any atom is 0.268 e. The van der Waals surface area contributed by atoms with E-state index in [9.17, 15) is 13.2 Å². The molecule has 3 rings (SSSR count). The zero-order valence-electron chi connectivity index (χ0n) is 14.8. The SMILES string of the molecule is Cc1noc(C)c1COc1ccccc1C(=O)NS(=O)(=O)C1CCCC1. The van der Waals surface area contributed by atoms with Crippen LogP contribution in [0.25, 0.3) is 0 Å². The molecule has 1 N–H and O–H groups in total. The van der Waals surface area contributed by atoms with Gasteiger partial charge in [-0.05, 0) is 38.8 Å². The molecule has 1 aliphatic rings. The summed E-state index contributed by atoms with van der Waals surface area (Å²) >= 11 is 0. The molecule has 0 aliphatic heterocycles. The summed E-state index contributed by atoms with van der Waals surface area (Å²) < 4.78 is 37.8. The molecule has 8 heteroatoms. The highest BCUT2D eigenvalue weighted by molar-refractivity contribution is 7.90. The van der Waals surface area contributed by atoms with E-state index >= 15 is 0 Å². The van der Waals surface area contributed by atoms with Crippen LogP contribution in [0.15, 0.2) is 28.8 Å². The largest absolute Gasteiger partial charge is 0.488 e. The van der Waals surface area contributed by atoms with Crippen molar-refractivity contribution in [2.45, 2.75) is 51.4 Å². The maximum absolute atomic E-state index is 12.5. The number of sulfonamides is 1. The van der Waals surface area contributed by atoms with Crippen molar-refractivity contribution < 1.29 is 22.5 Å². The molecule has 1 aromatic carbocycles. The average Bonchev–Trinajstić information content (AvgIpc) is 3.25. The molecule has 0 unspecified atom stereocenters. The lowest BCUT2D eigenvalue weighted by molar-refractivity contribution is 0.0976. The van der Waals surface area contributed by atoms with Crippen molar-refractivity contribution in [3.05, 3.63) is 46.8 Å². The quantitative estimate of drug-likeness (QED) is 0.830. The monoisotopic (exact) mass is 378 g/mol. The predicted octanol–water partition coefficient (Wildman–Crippen LogP) is 2.87. The highest BCUT2D eigenvalue weighted by Gasteiger charge is 2.31. The smallest absolute Gasteiger partial charge is 0.268 e. The van der Waals surface area contributed by atoms with E-state index in [0.29, 0.717) is 30.0 Å². The van der Waals surface area contributed by atoms with Crippen LogP contribution < -0.4 is 9.46 Å². The van der Waals surface area contributed by atoms with Crippen LogP contribution in [0.2, 0.25) is 0 Å². The minimum absolute atomic E-state index is 0.181. The fourth-order valence-corrected chi connectivity index (χ4v) is 4.59. The van der Waals surface area contributed by atoms with E-state index in [1.165, 1.54) is 0 Å². The molecule has 26 heavy (non-hydrogen) atoms. The Bertz CT molecular complexity index is 879. The van der Waals surface area contributed by atoms with Gasteiger partial charge in [0, 0.05) is 0 Å². The molecule has 0 spiro atoms. The van der Waals surface area contributed by atoms with Crippen LogP contribution in [0, 0.1) is 13.8 Å². The zero-order valence-corrected chi connectivity index (χ0v) is 15.6. The van der Waals surface area contributed by atoms with Gasteiger partial charge in [-0.2, -0.15) is 0 Å². The number of ether oxygens (including phenoxy) is 1. The second kappa shape index (κ2) is 7.49.